The Labute approximate surface area is 68.0 Å². The molecule has 0 aromatic heterocycles. The summed E-state index contributed by atoms with van der Waals surface area (Å²) in [6.07, 6.45) is 5.03. The van der Waals surface area contributed by atoms with Crippen molar-refractivity contribution < 1.29 is 4.39 Å². The number of hydrogen-bond donors (Lipinski definition) is 0. The van der Waals surface area contributed by atoms with Gasteiger partial charge < -0.3 is 0 Å². The molecular formula is C9H16FN. The van der Waals surface area contributed by atoms with Crippen LogP contribution in [0.3, 0.4) is 0 Å². The van der Waals surface area contributed by atoms with Gasteiger partial charge >= 0.3 is 0 Å². The zero-order valence-corrected chi connectivity index (χ0v) is 7.47. The van der Waals surface area contributed by atoms with Gasteiger partial charge in [0.25, 0.3) is 0 Å². The molecule has 0 fully saturated rings. The molecule has 0 rings (SSSR count). The molecule has 0 bridgehead atoms. The van der Waals surface area contributed by atoms with E-state index in [1.807, 2.05) is 13.0 Å². The highest BCUT2D eigenvalue weighted by Gasteiger charge is 2.16. The summed E-state index contributed by atoms with van der Waals surface area (Å²) >= 11 is 0. The van der Waals surface area contributed by atoms with Crippen LogP contribution in [0.25, 0.3) is 0 Å². The molecule has 11 heavy (non-hydrogen) atoms. The minimum atomic E-state index is 0.0251. The molecule has 0 spiro atoms. The second-order valence-corrected chi connectivity index (χ2v) is 2.95. The van der Waals surface area contributed by atoms with Gasteiger partial charge in [-0.25, -0.2) is 0 Å². The molecule has 0 aromatic rings. The van der Waals surface area contributed by atoms with Crippen LogP contribution in [-0.2, 0) is 0 Å². The third kappa shape index (κ3) is 3.91. The molecule has 1 nitrogen and oxygen atoms in total. The quantitative estimate of drug-likeness (QED) is 0.439. The Bertz CT molecular complexity index is 152. The second kappa shape index (κ2) is 5.05. The fourth-order valence-corrected chi connectivity index (χ4v) is 0.928. The van der Waals surface area contributed by atoms with Gasteiger partial charge in [-0.1, -0.05) is 26.0 Å². The zero-order valence-electron chi connectivity index (χ0n) is 7.47. The highest BCUT2D eigenvalue weighted by atomic mass is 19.1. The van der Waals surface area contributed by atoms with Crippen molar-refractivity contribution >= 4 is 6.47 Å². The summed E-state index contributed by atoms with van der Waals surface area (Å²) < 4.78 is 11.6. The van der Waals surface area contributed by atoms with Crippen molar-refractivity contribution in [3.05, 3.63) is 12.2 Å². The molecule has 0 aromatic carbocycles. The van der Waals surface area contributed by atoms with Gasteiger partial charge in [0.05, 0.1) is 6.54 Å². The first kappa shape index (κ1) is 10.3. The number of rotatable bonds is 4. The molecule has 0 aliphatic heterocycles. The molecule has 1 atom stereocenters. The van der Waals surface area contributed by atoms with E-state index >= 15 is 0 Å². The molecule has 0 saturated heterocycles. The Morgan fingerprint density at radius 2 is 2.18 bits per heavy atom. The molecule has 0 amide bonds. The van der Waals surface area contributed by atoms with Gasteiger partial charge in [-0.3, -0.25) is 4.99 Å². The van der Waals surface area contributed by atoms with Crippen molar-refractivity contribution in [3.8, 4) is 0 Å². The Morgan fingerprint density at radius 3 is 2.55 bits per heavy atom. The minimum Gasteiger partial charge on any atom is -0.264 e. The van der Waals surface area contributed by atoms with Crippen molar-refractivity contribution in [1.29, 1.82) is 0 Å². The van der Waals surface area contributed by atoms with Crippen LogP contribution in [0.2, 0.25) is 0 Å². The van der Waals surface area contributed by atoms with Gasteiger partial charge in [0.1, 0.15) is 0 Å². The van der Waals surface area contributed by atoms with Crippen LogP contribution in [0.1, 0.15) is 27.2 Å². The summed E-state index contributed by atoms with van der Waals surface area (Å²) in [4.78, 5) is 3.59. The number of halogens is 1. The smallest absolute Gasteiger partial charge is 0.171 e. The Hall–Kier alpha value is -0.660. The molecular weight excluding hydrogens is 141 g/mol. The summed E-state index contributed by atoms with van der Waals surface area (Å²) in [5, 5.41) is 0. The van der Waals surface area contributed by atoms with E-state index in [0.29, 0.717) is 13.0 Å². The summed E-state index contributed by atoms with van der Waals surface area (Å²) in [7, 11) is 0. The molecule has 64 valence electrons. The van der Waals surface area contributed by atoms with Gasteiger partial charge in [-0.05, 0) is 13.3 Å². The van der Waals surface area contributed by atoms with Gasteiger partial charge in [-0.15, -0.1) is 0 Å². The fourth-order valence-electron chi connectivity index (χ4n) is 0.928. The minimum absolute atomic E-state index is 0.0251. The standard InChI is InChI=1S/C9H16FN/c1-4-6-9(3,5-2)7-11-8-10/h4,6,8H,5,7H2,1-3H3/b6-4-,11-8?/t9-/m0/s1. The maximum atomic E-state index is 11.6. The van der Waals surface area contributed by atoms with Crippen LogP contribution in [-0.4, -0.2) is 13.0 Å². The summed E-state index contributed by atoms with van der Waals surface area (Å²) in [5.41, 5.74) is 0.0251. The van der Waals surface area contributed by atoms with Crippen LogP contribution in [0.4, 0.5) is 4.39 Å². The van der Waals surface area contributed by atoms with E-state index in [-0.39, 0.29) is 5.41 Å². The van der Waals surface area contributed by atoms with Gasteiger partial charge in [0.2, 0.25) is 0 Å². The molecule has 0 aliphatic carbocycles. The zero-order chi connectivity index (χ0) is 8.74. The monoisotopic (exact) mass is 157 g/mol. The molecule has 0 radical (unpaired) electrons. The van der Waals surface area contributed by atoms with E-state index in [2.05, 4.69) is 24.9 Å². The summed E-state index contributed by atoms with van der Waals surface area (Å²) in [6, 6.07) is 0. The average molecular weight is 157 g/mol. The van der Waals surface area contributed by atoms with Crippen LogP contribution in [0.15, 0.2) is 17.1 Å². The van der Waals surface area contributed by atoms with Gasteiger partial charge in [0, 0.05) is 5.41 Å². The molecule has 0 heterocycles. The predicted molar refractivity (Wildman–Crippen MR) is 47.7 cm³/mol. The SMILES string of the molecule is C/C=C\[C@](C)(CC)CN=CF. The lowest BCUT2D eigenvalue weighted by atomic mass is 9.87. The third-order valence-electron chi connectivity index (χ3n) is 1.90. The lowest BCUT2D eigenvalue weighted by Crippen LogP contribution is -2.15. The Morgan fingerprint density at radius 1 is 1.55 bits per heavy atom. The van der Waals surface area contributed by atoms with Crippen molar-refractivity contribution in [2.45, 2.75) is 27.2 Å². The third-order valence-corrected chi connectivity index (χ3v) is 1.90. The van der Waals surface area contributed by atoms with Gasteiger partial charge in [-0.2, -0.15) is 4.39 Å². The van der Waals surface area contributed by atoms with Crippen LogP contribution < -0.4 is 0 Å². The average Bonchev–Trinajstić information content (AvgIpc) is 2.02. The first-order valence-corrected chi connectivity index (χ1v) is 3.91. The van der Waals surface area contributed by atoms with Crippen molar-refractivity contribution in [2.24, 2.45) is 10.4 Å². The van der Waals surface area contributed by atoms with Gasteiger partial charge in [0.15, 0.2) is 6.47 Å². The normalized spacial score (nSPS) is 17.8. The van der Waals surface area contributed by atoms with Crippen molar-refractivity contribution in [3.63, 3.8) is 0 Å². The van der Waals surface area contributed by atoms with E-state index in [9.17, 15) is 4.39 Å². The second-order valence-electron chi connectivity index (χ2n) is 2.95. The van der Waals surface area contributed by atoms with Crippen LogP contribution >= 0.6 is 0 Å². The molecule has 0 aliphatic rings. The molecule has 0 N–H and O–H groups in total. The Kier molecular flexibility index (Phi) is 4.75. The topological polar surface area (TPSA) is 12.4 Å². The largest absolute Gasteiger partial charge is 0.264 e. The fraction of sp³-hybridized carbons (Fsp3) is 0.667. The van der Waals surface area contributed by atoms with E-state index in [0.717, 1.165) is 6.42 Å². The first-order valence-electron chi connectivity index (χ1n) is 3.91. The van der Waals surface area contributed by atoms with Crippen LogP contribution in [0.5, 0.6) is 0 Å². The van der Waals surface area contributed by atoms with Crippen molar-refractivity contribution in [1.82, 2.24) is 0 Å². The predicted octanol–water partition coefficient (Wildman–Crippen LogP) is 2.98. The first-order chi connectivity index (χ1) is 5.18. The van der Waals surface area contributed by atoms with E-state index < -0.39 is 0 Å². The summed E-state index contributed by atoms with van der Waals surface area (Å²) in [5.74, 6) is 0. The number of aliphatic imine (C=N–C) groups is 1. The Balaban J connectivity index is 4.09. The number of allylic oxidation sites excluding steroid dienone is 1. The molecule has 2 heteroatoms. The lowest BCUT2D eigenvalue weighted by molar-refractivity contribution is 0.424. The van der Waals surface area contributed by atoms with E-state index in [1.165, 1.54) is 0 Å². The van der Waals surface area contributed by atoms with Crippen molar-refractivity contribution in [2.75, 3.05) is 6.54 Å². The maximum absolute atomic E-state index is 11.6. The van der Waals surface area contributed by atoms with E-state index in [1.54, 1.807) is 0 Å². The van der Waals surface area contributed by atoms with Crippen LogP contribution in [0, 0.1) is 5.41 Å². The summed E-state index contributed by atoms with van der Waals surface area (Å²) in [6.45, 7) is 7.02. The lowest BCUT2D eigenvalue weighted by Gasteiger charge is -2.20. The van der Waals surface area contributed by atoms with E-state index in [4.69, 9.17) is 0 Å². The molecule has 0 unspecified atom stereocenters. The highest BCUT2D eigenvalue weighted by Crippen LogP contribution is 2.22. The highest BCUT2D eigenvalue weighted by molar-refractivity contribution is 5.44. The maximum Gasteiger partial charge on any atom is 0.171 e. The molecule has 0 saturated carbocycles. The number of hydrogen-bond acceptors (Lipinski definition) is 1. The number of nitrogens with zero attached hydrogens (tertiary/aromatic N) is 1.